The maximum absolute atomic E-state index is 11.7. The highest BCUT2D eigenvalue weighted by Gasteiger charge is 2.15. The van der Waals surface area contributed by atoms with E-state index in [4.69, 9.17) is 22.1 Å². The highest BCUT2D eigenvalue weighted by atomic mass is 35.5. The number of anilines is 1. The van der Waals surface area contributed by atoms with Crippen LogP contribution in [0.4, 0.5) is 5.69 Å². The largest absolute Gasteiger partial charge is 0.495 e. The number of halogens is 1. The predicted octanol–water partition coefficient (Wildman–Crippen LogP) is 1.80. The average Bonchev–Trinajstić information content (AvgIpc) is 2.28. The van der Waals surface area contributed by atoms with E-state index in [-0.39, 0.29) is 12.3 Å². The lowest BCUT2D eigenvalue weighted by atomic mass is 10.1. The topological polar surface area (TPSA) is 81.4 Å². The lowest BCUT2D eigenvalue weighted by Crippen LogP contribution is -2.25. The van der Waals surface area contributed by atoms with Gasteiger partial charge in [-0.3, -0.25) is 9.59 Å². The molecule has 6 heteroatoms. The van der Waals surface area contributed by atoms with Gasteiger partial charge in [-0.05, 0) is 18.2 Å². The van der Waals surface area contributed by atoms with Crippen molar-refractivity contribution in [1.82, 2.24) is 0 Å². The number of ether oxygens (including phenoxy) is 1. The van der Waals surface area contributed by atoms with Crippen molar-refractivity contribution < 1.29 is 14.3 Å². The maximum Gasteiger partial charge on any atom is 0.227 e. The zero-order valence-corrected chi connectivity index (χ0v) is 11.0. The summed E-state index contributed by atoms with van der Waals surface area (Å²) in [6.45, 7) is 1.63. The molecule has 1 atom stereocenters. The van der Waals surface area contributed by atoms with Gasteiger partial charge in [0.2, 0.25) is 11.8 Å². The molecule has 0 aliphatic carbocycles. The zero-order valence-electron chi connectivity index (χ0n) is 10.2. The first kappa shape index (κ1) is 14.3. The van der Waals surface area contributed by atoms with Crippen molar-refractivity contribution in [3.8, 4) is 5.75 Å². The number of benzene rings is 1. The first-order chi connectivity index (χ1) is 8.43. The summed E-state index contributed by atoms with van der Waals surface area (Å²) in [5.74, 6) is -0.747. The Labute approximate surface area is 110 Å². The Balaban J connectivity index is 2.70. The molecule has 3 N–H and O–H groups in total. The van der Waals surface area contributed by atoms with Crippen LogP contribution in [0.15, 0.2) is 18.2 Å². The van der Waals surface area contributed by atoms with E-state index in [1.54, 1.807) is 25.1 Å². The highest BCUT2D eigenvalue weighted by molar-refractivity contribution is 6.32. The Morgan fingerprint density at radius 1 is 1.50 bits per heavy atom. The third kappa shape index (κ3) is 3.92. The molecule has 0 aliphatic rings. The highest BCUT2D eigenvalue weighted by Crippen LogP contribution is 2.27. The van der Waals surface area contributed by atoms with Gasteiger partial charge in [-0.25, -0.2) is 0 Å². The van der Waals surface area contributed by atoms with Gasteiger partial charge >= 0.3 is 0 Å². The van der Waals surface area contributed by atoms with E-state index in [9.17, 15) is 9.59 Å². The molecule has 0 aliphatic heterocycles. The molecule has 0 fully saturated rings. The van der Waals surface area contributed by atoms with Gasteiger partial charge in [0.05, 0.1) is 12.1 Å². The van der Waals surface area contributed by atoms with Crippen LogP contribution in [0, 0.1) is 5.92 Å². The smallest absolute Gasteiger partial charge is 0.227 e. The second kappa shape index (κ2) is 6.26. The maximum atomic E-state index is 11.7. The monoisotopic (exact) mass is 270 g/mol. The van der Waals surface area contributed by atoms with Crippen molar-refractivity contribution in [2.75, 3.05) is 12.4 Å². The number of carbonyl (C=O) groups is 2. The van der Waals surface area contributed by atoms with Crippen LogP contribution >= 0.6 is 11.6 Å². The van der Waals surface area contributed by atoms with Crippen molar-refractivity contribution >= 4 is 29.1 Å². The summed E-state index contributed by atoms with van der Waals surface area (Å²) < 4.78 is 5.00. The standard InChI is InChI=1S/C12H15ClN2O3/c1-7(5-11(14)16)12(17)15-8-3-4-10(18-2)9(13)6-8/h3-4,6-7H,5H2,1-2H3,(H2,14,16)(H,15,17). The zero-order chi connectivity index (χ0) is 13.7. The van der Waals surface area contributed by atoms with Gasteiger partial charge in [0.1, 0.15) is 5.75 Å². The second-order valence-electron chi connectivity index (χ2n) is 3.91. The minimum atomic E-state index is -0.509. The molecule has 0 bridgehead atoms. The van der Waals surface area contributed by atoms with E-state index in [0.29, 0.717) is 16.5 Å². The molecule has 1 unspecified atom stereocenters. The van der Waals surface area contributed by atoms with Gasteiger partial charge in [-0.1, -0.05) is 18.5 Å². The molecule has 5 nitrogen and oxygen atoms in total. The Hall–Kier alpha value is -1.75. The average molecular weight is 271 g/mol. The number of methoxy groups -OCH3 is 1. The van der Waals surface area contributed by atoms with E-state index in [0.717, 1.165) is 0 Å². The Bertz CT molecular complexity index is 463. The van der Waals surface area contributed by atoms with Gasteiger partial charge in [-0.15, -0.1) is 0 Å². The first-order valence-electron chi connectivity index (χ1n) is 5.36. The number of amides is 2. The molecule has 0 spiro atoms. The molecule has 98 valence electrons. The van der Waals surface area contributed by atoms with Crippen molar-refractivity contribution in [3.63, 3.8) is 0 Å². The summed E-state index contributed by atoms with van der Waals surface area (Å²) in [5, 5.41) is 3.05. The van der Waals surface area contributed by atoms with E-state index >= 15 is 0 Å². The number of carbonyl (C=O) groups excluding carboxylic acids is 2. The second-order valence-corrected chi connectivity index (χ2v) is 4.32. The van der Waals surface area contributed by atoms with E-state index in [1.807, 2.05) is 0 Å². The summed E-state index contributed by atoms with van der Waals surface area (Å²) in [5.41, 5.74) is 5.57. The van der Waals surface area contributed by atoms with Gasteiger partial charge in [0.25, 0.3) is 0 Å². The molecular weight excluding hydrogens is 256 g/mol. The van der Waals surface area contributed by atoms with Crippen LogP contribution in [0.3, 0.4) is 0 Å². The molecule has 0 saturated carbocycles. The number of rotatable bonds is 5. The molecule has 1 rings (SSSR count). The lowest BCUT2D eigenvalue weighted by Gasteiger charge is -2.11. The molecule has 0 radical (unpaired) electrons. The van der Waals surface area contributed by atoms with Gasteiger partial charge in [0.15, 0.2) is 0 Å². The molecule has 0 heterocycles. The summed E-state index contributed by atoms with van der Waals surface area (Å²) in [6, 6.07) is 4.89. The van der Waals surface area contributed by atoms with Gasteiger partial charge in [-0.2, -0.15) is 0 Å². The van der Waals surface area contributed by atoms with Crippen LogP contribution in [0.1, 0.15) is 13.3 Å². The number of hydrogen-bond donors (Lipinski definition) is 2. The van der Waals surface area contributed by atoms with Crippen LogP contribution in [0.25, 0.3) is 0 Å². The Kier molecular flexibility index (Phi) is 4.97. The number of nitrogens with one attached hydrogen (secondary N) is 1. The molecule has 0 aromatic heterocycles. The third-order valence-corrected chi connectivity index (χ3v) is 2.67. The predicted molar refractivity (Wildman–Crippen MR) is 69.6 cm³/mol. The van der Waals surface area contributed by atoms with Crippen molar-refractivity contribution in [2.45, 2.75) is 13.3 Å². The van der Waals surface area contributed by atoms with Gasteiger partial charge < -0.3 is 15.8 Å². The van der Waals surface area contributed by atoms with Crippen LogP contribution in [0.2, 0.25) is 5.02 Å². The Morgan fingerprint density at radius 2 is 2.17 bits per heavy atom. The molecule has 0 saturated heterocycles. The molecule has 2 amide bonds. The SMILES string of the molecule is COc1ccc(NC(=O)C(C)CC(N)=O)cc1Cl. The summed E-state index contributed by atoms with van der Waals surface area (Å²) >= 11 is 5.93. The fraction of sp³-hybridized carbons (Fsp3) is 0.333. The molecule has 18 heavy (non-hydrogen) atoms. The van der Waals surface area contributed by atoms with Crippen LogP contribution < -0.4 is 15.8 Å². The number of hydrogen-bond acceptors (Lipinski definition) is 3. The van der Waals surface area contributed by atoms with Crippen molar-refractivity contribution in [1.29, 1.82) is 0 Å². The minimum Gasteiger partial charge on any atom is -0.495 e. The van der Waals surface area contributed by atoms with Crippen LogP contribution in [0.5, 0.6) is 5.75 Å². The molecule has 1 aromatic carbocycles. The quantitative estimate of drug-likeness (QED) is 0.856. The summed E-state index contributed by atoms with van der Waals surface area (Å²) in [7, 11) is 1.51. The summed E-state index contributed by atoms with van der Waals surface area (Å²) in [4.78, 5) is 22.4. The molecule has 1 aromatic rings. The number of nitrogens with two attached hydrogens (primary N) is 1. The fourth-order valence-electron chi connectivity index (χ4n) is 1.40. The van der Waals surface area contributed by atoms with Gasteiger partial charge in [0, 0.05) is 18.0 Å². The van der Waals surface area contributed by atoms with Crippen LogP contribution in [-0.4, -0.2) is 18.9 Å². The molecular formula is C12H15ClN2O3. The third-order valence-electron chi connectivity index (χ3n) is 2.37. The van der Waals surface area contributed by atoms with E-state index in [1.165, 1.54) is 7.11 Å². The number of primary amides is 1. The van der Waals surface area contributed by atoms with Crippen LogP contribution in [-0.2, 0) is 9.59 Å². The summed E-state index contributed by atoms with van der Waals surface area (Å²) in [6.07, 6.45) is 0.00964. The Morgan fingerprint density at radius 3 is 2.67 bits per heavy atom. The normalized spacial score (nSPS) is 11.7. The van der Waals surface area contributed by atoms with Crippen molar-refractivity contribution in [2.24, 2.45) is 11.7 Å². The van der Waals surface area contributed by atoms with Crippen molar-refractivity contribution in [3.05, 3.63) is 23.2 Å². The fourth-order valence-corrected chi connectivity index (χ4v) is 1.66. The minimum absolute atomic E-state index is 0.00964. The van der Waals surface area contributed by atoms with E-state index in [2.05, 4.69) is 5.32 Å². The first-order valence-corrected chi connectivity index (χ1v) is 5.74. The van der Waals surface area contributed by atoms with E-state index < -0.39 is 11.8 Å². The lowest BCUT2D eigenvalue weighted by molar-refractivity contribution is -0.125.